The van der Waals surface area contributed by atoms with E-state index in [4.69, 9.17) is 0 Å². The Bertz CT molecular complexity index is 1070. The van der Waals surface area contributed by atoms with E-state index in [9.17, 15) is 4.79 Å². The highest BCUT2D eigenvalue weighted by Crippen LogP contribution is 2.31. The molecule has 5 nitrogen and oxygen atoms in total. The van der Waals surface area contributed by atoms with Crippen LogP contribution in [0.4, 0.5) is 10.8 Å². The van der Waals surface area contributed by atoms with Gasteiger partial charge >= 0.3 is 0 Å². The summed E-state index contributed by atoms with van der Waals surface area (Å²) in [7, 11) is 4.00. The zero-order valence-corrected chi connectivity index (χ0v) is 16.8. The highest BCUT2D eigenvalue weighted by molar-refractivity contribution is 7.14. The third-order valence-electron chi connectivity index (χ3n) is 4.53. The van der Waals surface area contributed by atoms with E-state index in [-0.39, 0.29) is 5.91 Å². The fraction of sp³-hybridized carbons (Fsp3) is 0.136. The smallest absolute Gasteiger partial charge is 0.282 e. The number of carbonyl (C=O) groups excluding carboxylic acids is 1. The van der Waals surface area contributed by atoms with Crippen LogP contribution in [0.25, 0.3) is 17.3 Å². The van der Waals surface area contributed by atoms with E-state index < -0.39 is 0 Å². The predicted molar refractivity (Wildman–Crippen MR) is 117 cm³/mol. The zero-order valence-electron chi connectivity index (χ0n) is 16.0. The van der Waals surface area contributed by atoms with Gasteiger partial charge in [0.05, 0.1) is 17.0 Å². The van der Waals surface area contributed by atoms with Gasteiger partial charge in [-0.05, 0) is 30.7 Å². The molecule has 0 saturated heterocycles. The van der Waals surface area contributed by atoms with Gasteiger partial charge in [-0.2, -0.15) is 10.1 Å². The number of anilines is 2. The molecular weight excluding hydrogens is 368 g/mol. The standard InChI is InChI=1S/C22H20N4OS/c1-15-19(13-16-9-11-18(12-10-16)25(2)3)21(27)26(24-15)22-23-20(14-28-22)17-7-5-4-6-8-17/h4-14H,1-3H3. The fourth-order valence-corrected chi connectivity index (χ4v) is 3.73. The molecule has 1 aromatic heterocycles. The average molecular weight is 388 g/mol. The number of hydrazone groups is 1. The second-order valence-electron chi connectivity index (χ2n) is 6.73. The Labute approximate surface area is 168 Å². The summed E-state index contributed by atoms with van der Waals surface area (Å²) in [4.78, 5) is 19.6. The Morgan fingerprint density at radius 2 is 1.75 bits per heavy atom. The van der Waals surface area contributed by atoms with Crippen molar-refractivity contribution in [2.24, 2.45) is 5.10 Å². The number of rotatable bonds is 4. The lowest BCUT2D eigenvalue weighted by molar-refractivity contribution is -0.114. The van der Waals surface area contributed by atoms with E-state index in [1.54, 1.807) is 0 Å². The Kier molecular flexibility index (Phi) is 4.79. The summed E-state index contributed by atoms with van der Waals surface area (Å²) in [5.41, 5.74) is 5.23. The number of benzene rings is 2. The lowest BCUT2D eigenvalue weighted by Crippen LogP contribution is -2.21. The molecule has 0 saturated carbocycles. The van der Waals surface area contributed by atoms with Crippen LogP contribution in [0.15, 0.2) is 70.7 Å². The van der Waals surface area contributed by atoms with Crippen molar-refractivity contribution in [3.8, 4) is 11.3 Å². The number of amides is 1. The van der Waals surface area contributed by atoms with Crippen molar-refractivity contribution >= 4 is 39.9 Å². The molecule has 0 bridgehead atoms. The summed E-state index contributed by atoms with van der Waals surface area (Å²) in [6.07, 6.45) is 1.88. The molecule has 0 fully saturated rings. The van der Waals surface area contributed by atoms with Crippen LogP contribution >= 0.6 is 11.3 Å². The number of hydrogen-bond donors (Lipinski definition) is 0. The number of thiazole rings is 1. The number of hydrogen-bond acceptors (Lipinski definition) is 5. The molecule has 0 spiro atoms. The summed E-state index contributed by atoms with van der Waals surface area (Å²) in [5.74, 6) is -0.150. The molecular formula is C22H20N4OS. The molecule has 3 aromatic rings. The van der Waals surface area contributed by atoms with Crippen molar-refractivity contribution in [1.29, 1.82) is 0 Å². The SMILES string of the molecule is CC1=NN(c2nc(-c3ccccc3)cs2)C(=O)C1=Cc1ccc(N(C)C)cc1. The first-order valence-corrected chi connectivity index (χ1v) is 9.81. The minimum Gasteiger partial charge on any atom is -0.378 e. The summed E-state index contributed by atoms with van der Waals surface area (Å²) in [6.45, 7) is 1.85. The van der Waals surface area contributed by atoms with E-state index in [2.05, 4.69) is 10.1 Å². The molecule has 28 heavy (non-hydrogen) atoms. The van der Waals surface area contributed by atoms with Crippen LogP contribution in [0.2, 0.25) is 0 Å². The largest absolute Gasteiger partial charge is 0.378 e. The summed E-state index contributed by atoms with van der Waals surface area (Å²) < 4.78 is 0. The van der Waals surface area contributed by atoms with Crippen LogP contribution in [0, 0.1) is 0 Å². The molecule has 1 aliphatic heterocycles. The van der Waals surface area contributed by atoms with Crippen molar-refractivity contribution in [2.75, 3.05) is 24.0 Å². The first kappa shape index (κ1) is 18.1. The Morgan fingerprint density at radius 1 is 1.04 bits per heavy atom. The van der Waals surface area contributed by atoms with Crippen LogP contribution in [-0.4, -0.2) is 30.7 Å². The second-order valence-corrected chi connectivity index (χ2v) is 7.56. The van der Waals surface area contributed by atoms with Gasteiger partial charge in [0.1, 0.15) is 0 Å². The normalized spacial score (nSPS) is 15.2. The highest BCUT2D eigenvalue weighted by atomic mass is 32.1. The predicted octanol–water partition coefficient (Wildman–Crippen LogP) is 4.68. The van der Waals surface area contributed by atoms with Crippen molar-refractivity contribution in [2.45, 2.75) is 6.92 Å². The molecule has 1 amide bonds. The maximum absolute atomic E-state index is 12.9. The average Bonchev–Trinajstić information content (AvgIpc) is 3.30. The van der Waals surface area contributed by atoms with E-state index >= 15 is 0 Å². The van der Waals surface area contributed by atoms with Gasteiger partial charge in [0, 0.05) is 30.7 Å². The number of carbonyl (C=O) groups is 1. The Balaban J connectivity index is 1.59. The van der Waals surface area contributed by atoms with Crippen molar-refractivity contribution < 1.29 is 4.79 Å². The van der Waals surface area contributed by atoms with Crippen LogP contribution in [0.3, 0.4) is 0 Å². The molecule has 1 aliphatic rings. The minimum absolute atomic E-state index is 0.150. The first-order valence-electron chi connectivity index (χ1n) is 8.93. The molecule has 0 N–H and O–H groups in total. The van der Waals surface area contributed by atoms with Crippen LogP contribution in [0.1, 0.15) is 12.5 Å². The highest BCUT2D eigenvalue weighted by Gasteiger charge is 2.30. The lowest BCUT2D eigenvalue weighted by Gasteiger charge is -2.12. The summed E-state index contributed by atoms with van der Waals surface area (Å²) in [5, 5.41) is 8.36. The molecule has 0 aliphatic carbocycles. The fourth-order valence-electron chi connectivity index (χ4n) is 2.95. The number of nitrogens with zero attached hydrogens (tertiary/aromatic N) is 4. The summed E-state index contributed by atoms with van der Waals surface area (Å²) in [6, 6.07) is 18.0. The van der Waals surface area contributed by atoms with Gasteiger partial charge in [0.2, 0.25) is 5.13 Å². The van der Waals surface area contributed by atoms with Gasteiger partial charge in [-0.15, -0.1) is 11.3 Å². The number of aromatic nitrogens is 1. The topological polar surface area (TPSA) is 48.8 Å². The molecule has 0 atom stereocenters. The summed E-state index contributed by atoms with van der Waals surface area (Å²) >= 11 is 1.42. The van der Waals surface area contributed by atoms with Gasteiger partial charge in [-0.25, -0.2) is 4.98 Å². The van der Waals surface area contributed by atoms with Gasteiger partial charge in [0.25, 0.3) is 5.91 Å². The molecule has 0 unspecified atom stereocenters. The van der Waals surface area contributed by atoms with Crippen LogP contribution in [0.5, 0.6) is 0 Å². The molecule has 6 heteroatoms. The van der Waals surface area contributed by atoms with Crippen molar-refractivity contribution in [3.63, 3.8) is 0 Å². The molecule has 0 radical (unpaired) electrons. The monoisotopic (exact) mass is 388 g/mol. The van der Waals surface area contributed by atoms with Gasteiger partial charge in [0.15, 0.2) is 0 Å². The lowest BCUT2D eigenvalue weighted by atomic mass is 10.1. The van der Waals surface area contributed by atoms with Gasteiger partial charge in [-0.3, -0.25) is 4.79 Å². The van der Waals surface area contributed by atoms with Crippen LogP contribution < -0.4 is 9.91 Å². The van der Waals surface area contributed by atoms with E-state index in [1.807, 2.05) is 92.0 Å². The van der Waals surface area contributed by atoms with Gasteiger partial charge in [-0.1, -0.05) is 42.5 Å². The van der Waals surface area contributed by atoms with E-state index in [1.165, 1.54) is 16.3 Å². The van der Waals surface area contributed by atoms with Crippen molar-refractivity contribution in [3.05, 3.63) is 71.1 Å². The quantitative estimate of drug-likeness (QED) is 0.610. The molecule has 4 rings (SSSR count). The van der Waals surface area contributed by atoms with Crippen molar-refractivity contribution in [1.82, 2.24) is 4.98 Å². The van der Waals surface area contributed by atoms with Crippen LogP contribution in [-0.2, 0) is 4.79 Å². The maximum atomic E-state index is 12.9. The molecule has 2 aromatic carbocycles. The third-order valence-corrected chi connectivity index (χ3v) is 5.34. The first-order chi connectivity index (χ1) is 13.5. The Hall–Kier alpha value is -3.25. The van der Waals surface area contributed by atoms with E-state index in [0.29, 0.717) is 16.4 Å². The third kappa shape index (κ3) is 3.46. The maximum Gasteiger partial charge on any atom is 0.282 e. The van der Waals surface area contributed by atoms with Gasteiger partial charge < -0.3 is 4.90 Å². The van der Waals surface area contributed by atoms with E-state index in [0.717, 1.165) is 22.5 Å². The molecule has 140 valence electrons. The minimum atomic E-state index is -0.150. The second kappa shape index (κ2) is 7.40. The molecule has 2 heterocycles. The zero-order chi connectivity index (χ0) is 19.7. The Morgan fingerprint density at radius 3 is 2.43 bits per heavy atom.